The molecule has 2 aromatic carbocycles. The number of anilines is 1. The fraction of sp³-hybridized carbons (Fsp3) is 0.286. The zero-order valence-corrected chi connectivity index (χ0v) is 14.6. The highest BCUT2D eigenvalue weighted by molar-refractivity contribution is 5.92. The van der Waals surface area contributed by atoms with Crippen molar-refractivity contribution in [1.29, 1.82) is 0 Å². The van der Waals surface area contributed by atoms with Gasteiger partial charge < -0.3 is 20.3 Å². The van der Waals surface area contributed by atoms with Gasteiger partial charge in [0.05, 0.1) is 6.10 Å². The molecule has 134 valence electrons. The highest BCUT2D eigenvalue weighted by Gasteiger charge is 2.28. The number of hydrogen-bond donors (Lipinski definition) is 3. The largest absolute Gasteiger partial charge is 0.388 e. The van der Waals surface area contributed by atoms with Crippen LogP contribution in [0.4, 0.5) is 10.5 Å². The molecule has 0 radical (unpaired) electrons. The van der Waals surface area contributed by atoms with Crippen molar-refractivity contribution < 1.29 is 9.90 Å². The first-order valence-corrected chi connectivity index (χ1v) is 9.07. The predicted octanol–water partition coefficient (Wildman–Crippen LogP) is 4.15. The Kier molecular flexibility index (Phi) is 4.63. The number of aliphatic hydroxyl groups is 1. The number of aromatic amines is 1. The number of amides is 2. The Hall–Kier alpha value is -2.79. The molecule has 26 heavy (non-hydrogen) atoms. The van der Waals surface area contributed by atoms with Crippen molar-refractivity contribution >= 4 is 22.6 Å². The summed E-state index contributed by atoms with van der Waals surface area (Å²) in [6, 6.07) is 17.5. The second-order valence-corrected chi connectivity index (χ2v) is 6.89. The van der Waals surface area contributed by atoms with E-state index in [0.29, 0.717) is 13.1 Å². The molecule has 1 aliphatic heterocycles. The molecule has 5 heteroatoms. The van der Waals surface area contributed by atoms with Gasteiger partial charge in [-0.1, -0.05) is 30.3 Å². The van der Waals surface area contributed by atoms with Gasteiger partial charge in [0, 0.05) is 35.9 Å². The monoisotopic (exact) mass is 349 g/mol. The molecule has 1 aromatic heterocycles. The zero-order chi connectivity index (χ0) is 17.9. The van der Waals surface area contributed by atoms with Gasteiger partial charge in [-0.25, -0.2) is 4.79 Å². The van der Waals surface area contributed by atoms with Crippen LogP contribution in [0.2, 0.25) is 0 Å². The minimum absolute atomic E-state index is 0.0764. The molecule has 2 amide bonds. The van der Waals surface area contributed by atoms with Crippen LogP contribution in [-0.2, 0) is 0 Å². The summed E-state index contributed by atoms with van der Waals surface area (Å²) >= 11 is 0. The highest BCUT2D eigenvalue weighted by Crippen LogP contribution is 2.30. The SMILES string of the molecule is O=C(Nc1ccc2[nH]ccc2c1)N1CCC([C@H](O)c2ccccc2)CC1. The number of nitrogens with zero attached hydrogens (tertiary/aromatic N) is 1. The van der Waals surface area contributed by atoms with Gasteiger partial charge in [0.25, 0.3) is 0 Å². The summed E-state index contributed by atoms with van der Waals surface area (Å²) in [5.41, 5.74) is 2.81. The van der Waals surface area contributed by atoms with Gasteiger partial charge in [-0.05, 0) is 48.6 Å². The molecule has 0 bridgehead atoms. The molecule has 0 unspecified atom stereocenters. The number of benzene rings is 2. The van der Waals surface area contributed by atoms with Crippen molar-refractivity contribution in [2.24, 2.45) is 5.92 Å². The topological polar surface area (TPSA) is 68.4 Å². The summed E-state index contributed by atoms with van der Waals surface area (Å²) in [6.45, 7) is 1.32. The third-order valence-corrected chi connectivity index (χ3v) is 5.22. The van der Waals surface area contributed by atoms with E-state index in [4.69, 9.17) is 0 Å². The second kappa shape index (κ2) is 7.22. The summed E-state index contributed by atoms with van der Waals surface area (Å²) in [6.07, 6.45) is 3.04. The van der Waals surface area contributed by atoms with Crippen molar-refractivity contribution in [2.45, 2.75) is 18.9 Å². The molecule has 1 saturated heterocycles. The molecule has 0 saturated carbocycles. The van der Waals surface area contributed by atoms with Gasteiger partial charge in [-0.3, -0.25) is 0 Å². The van der Waals surface area contributed by atoms with Crippen molar-refractivity contribution in [3.8, 4) is 0 Å². The first-order chi connectivity index (χ1) is 12.7. The lowest BCUT2D eigenvalue weighted by Crippen LogP contribution is -2.42. The molecule has 3 N–H and O–H groups in total. The Bertz CT molecular complexity index is 882. The number of rotatable bonds is 3. The van der Waals surface area contributed by atoms with E-state index in [9.17, 15) is 9.90 Å². The van der Waals surface area contributed by atoms with Crippen LogP contribution in [0.1, 0.15) is 24.5 Å². The molecule has 4 rings (SSSR count). The number of urea groups is 1. The quantitative estimate of drug-likeness (QED) is 0.665. The van der Waals surface area contributed by atoms with Gasteiger partial charge in [0.1, 0.15) is 0 Å². The lowest BCUT2D eigenvalue weighted by Gasteiger charge is -2.34. The number of hydrogen-bond acceptors (Lipinski definition) is 2. The van der Waals surface area contributed by atoms with Gasteiger partial charge in [-0.2, -0.15) is 0 Å². The summed E-state index contributed by atoms with van der Waals surface area (Å²) in [7, 11) is 0. The summed E-state index contributed by atoms with van der Waals surface area (Å²) in [5, 5.41) is 14.6. The molecule has 0 aliphatic carbocycles. The van der Waals surface area contributed by atoms with E-state index in [-0.39, 0.29) is 11.9 Å². The third kappa shape index (κ3) is 3.44. The van der Waals surface area contributed by atoms with Crippen LogP contribution in [0.15, 0.2) is 60.8 Å². The maximum atomic E-state index is 12.5. The minimum atomic E-state index is -0.461. The van der Waals surface area contributed by atoms with Crippen LogP contribution in [0, 0.1) is 5.92 Å². The van der Waals surface area contributed by atoms with Crippen molar-refractivity contribution in [1.82, 2.24) is 9.88 Å². The van der Waals surface area contributed by atoms with E-state index in [1.54, 1.807) is 0 Å². The minimum Gasteiger partial charge on any atom is -0.388 e. The Morgan fingerprint density at radius 2 is 1.88 bits per heavy atom. The second-order valence-electron chi connectivity index (χ2n) is 6.89. The number of likely N-dealkylation sites (tertiary alicyclic amines) is 1. The number of carbonyl (C=O) groups is 1. The number of aromatic nitrogens is 1. The van der Waals surface area contributed by atoms with Crippen LogP contribution in [0.5, 0.6) is 0 Å². The maximum Gasteiger partial charge on any atom is 0.321 e. The molecule has 2 heterocycles. The van der Waals surface area contributed by atoms with E-state index in [0.717, 1.165) is 35.0 Å². The Morgan fingerprint density at radius 3 is 2.65 bits per heavy atom. The van der Waals surface area contributed by atoms with Crippen molar-refractivity contribution in [2.75, 3.05) is 18.4 Å². The number of fused-ring (bicyclic) bond motifs is 1. The molecular formula is C21H23N3O2. The lowest BCUT2D eigenvalue weighted by molar-refractivity contribution is 0.0683. The Labute approximate surface area is 152 Å². The first-order valence-electron chi connectivity index (χ1n) is 9.07. The molecule has 1 fully saturated rings. The van der Waals surface area contributed by atoms with Crippen LogP contribution >= 0.6 is 0 Å². The number of piperidine rings is 1. The standard InChI is InChI=1S/C21H23N3O2/c25-20(15-4-2-1-3-5-15)16-9-12-24(13-10-16)21(26)23-18-6-7-19-17(14-18)8-11-22-19/h1-8,11,14,16,20,22,25H,9-10,12-13H2,(H,23,26)/t20-/m1/s1. The van der Waals surface area contributed by atoms with Crippen molar-refractivity contribution in [3.05, 3.63) is 66.4 Å². The average molecular weight is 349 g/mol. The van der Waals surface area contributed by atoms with Gasteiger partial charge in [-0.15, -0.1) is 0 Å². The van der Waals surface area contributed by atoms with Gasteiger partial charge in [0.15, 0.2) is 0 Å². The summed E-state index contributed by atoms with van der Waals surface area (Å²) in [5.74, 6) is 0.192. The lowest BCUT2D eigenvalue weighted by atomic mass is 9.87. The summed E-state index contributed by atoms with van der Waals surface area (Å²) < 4.78 is 0. The number of carbonyl (C=O) groups excluding carboxylic acids is 1. The Morgan fingerprint density at radius 1 is 1.12 bits per heavy atom. The number of nitrogens with one attached hydrogen (secondary N) is 2. The molecule has 3 aromatic rings. The van der Waals surface area contributed by atoms with E-state index in [1.165, 1.54) is 0 Å². The zero-order valence-electron chi connectivity index (χ0n) is 14.6. The molecule has 0 spiro atoms. The average Bonchev–Trinajstić information content (AvgIpc) is 3.16. The van der Waals surface area contributed by atoms with Crippen molar-refractivity contribution in [3.63, 3.8) is 0 Å². The van der Waals surface area contributed by atoms with E-state index < -0.39 is 6.10 Å². The first kappa shape index (κ1) is 16.7. The van der Waals surface area contributed by atoms with Crippen LogP contribution in [-0.4, -0.2) is 34.1 Å². The molecule has 5 nitrogen and oxygen atoms in total. The maximum absolute atomic E-state index is 12.5. The van der Waals surface area contributed by atoms with E-state index >= 15 is 0 Å². The smallest absolute Gasteiger partial charge is 0.321 e. The van der Waals surface area contributed by atoms with Crippen LogP contribution in [0.25, 0.3) is 10.9 Å². The fourth-order valence-electron chi connectivity index (χ4n) is 3.67. The number of H-pyrrole nitrogens is 1. The third-order valence-electron chi connectivity index (χ3n) is 5.22. The normalized spacial score (nSPS) is 16.6. The predicted molar refractivity (Wildman–Crippen MR) is 103 cm³/mol. The molecular weight excluding hydrogens is 326 g/mol. The van der Waals surface area contributed by atoms with E-state index in [1.807, 2.05) is 65.7 Å². The fourth-order valence-corrected chi connectivity index (χ4v) is 3.67. The van der Waals surface area contributed by atoms with Crippen LogP contribution < -0.4 is 5.32 Å². The number of aliphatic hydroxyl groups excluding tert-OH is 1. The molecule has 1 atom stereocenters. The van der Waals surface area contributed by atoms with E-state index in [2.05, 4.69) is 10.3 Å². The van der Waals surface area contributed by atoms with Gasteiger partial charge in [0.2, 0.25) is 0 Å². The Balaban J connectivity index is 1.34. The van der Waals surface area contributed by atoms with Crippen LogP contribution in [0.3, 0.4) is 0 Å². The highest BCUT2D eigenvalue weighted by atomic mass is 16.3. The molecule has 1 aliphatic rings. The van der Waals surface area contributed by atoms with Gasteiger partial charge >= 0.3 is 6.03 Å². The summed E-state index contributed by atoms with van der Waals surface area (Å²) in [4.78, 5) is 17.5.